The van der Waals surface area contributed by atoms with Crippen molar-refractivity contribution in [3.63, 3.8) is 0 Å². The molecule has 0 heterocycles. The number of hydrogen-bond acceptors (Lipinski definition) is 3. The van der Waals surface area contributed by atoms with Gasteiger partial charge in [-0.15, -0.1) is 0 Å². The predicted molar refractivity (Wildman–Crippen MR) is 76.3 cm³/mol. The Balaban J connectivity index is 2.17. The summed E-state index contributed by atoms with van der Waals surface area (Å²) in [5.41, 5.74) is 6.44. The van der Waals surface area contributed by atoms with Crippen LogP contribution in [0, 0.1) is 0 Å². The van der Waals surface area contributed by atoms with Gasteiger partial charge >= 0.3 is 0 Å². The number of anilines is 1. The zero-order valence-corrected chi connectivity index (χ0v) is 11.6. The van der Waals surface area contributed by atoms with Gasteiger partial charge in [0.2, 0.25) is 0 Å². The van der Waals surface area contributed by atoms with Gasteiger partial charge in [0, 0.05) is 6.07 Å². The Bertz CT molecular complexity index is 339. The van der Waals surface area contributed by atoms with E-state index in [0.29, 0.717) is 11.4 Å². The lowest BCUT2D eigenvalue weighted by atomic mass is 10.1. The lowest BCUT2D eigenvalue weighted by Crippen LogP contribution is -1.99. The molecule has 18 heavy (non-hydrogen) atoms. The summed E-state index contributed by atoms with van der Waals surface area (Å²) in [7, 11) is 1.61. The average Bonchev–Trinajstić information content (AvgIpc) is 2.38. The van der Waals surface area contributed by atoms with Gasteiger partial charge in [-0.05, 0) is 18.6 Å². The Kier molecular flexibility index (Phi) is 7.07. The van der Waals surface area contributed by atoms with Crippen LogP contribution in [0.15, 0.2) is 18.2 Å². The second-order valence-electron chi connectivity index (χ2n) is 4.52. The smallest absolute Gasteiger partial charge is 0.142 e. The molecule has 0 saturated heterocycles. The molecule has 0 unspecified atom stereocenters. The fraction of sp³-hybridized carbons (Fsp3) is 0.600. The topological polar surface area (TPSA) is 44.5 Å². The molecule has 0 spiro atoms. The molecule has 0 atom stereocenters. The van der Waals surface area contributed by atoms with Gasteiger partial charge < -0.3 is 15.2 Å². The van der Waals surface area contributed by atoms with Crippen LogP contribution in [-0.2, 0) is 0 Å². The van der Waals surface area contributed by atoms with Crippen LogP contribution in [0.3, 0.4) is 0 Å². The number of ether oxygens (including phenoxy) is 2. The van der Waals surface area contributed by atoms with Gasteiger partial charge in [0.05, 0.1) is 19.4 Å². The predicted octanol–water partition coefficient (Wildman–Crippen LogP) is 4.02. The molecule has 0 amide bonds. The zero-order chi connectivity index (χ0) is 13.2. The molecule has 102 valence electrons. The summed E-state index contributed by atoms with van der Waals surface area (Å²) in [6, 6.07) is 5.55. The van der Waals surface area contributed by atoms with Gasteiger partial charge in [0.15, 0.2) is 0 Å². The highest BCUT2D eigenvalue weighted by Gasteiger charge is 2.01. The third-order valence-corrected chi connectivity index (χ3v) is 2.97. The third-order valence-electron chi connectivity index (χ3n) is 2.97. The van der Waals surface area contributed by atoms with E-state index in [1.54, 1.807) is 7.11 Å². The Labute approximate surface area is 110 Å². The first-order chi connectivity index (χ1) is 8.77. The molecule has 0 bridgehead atoms. The quantitative estimate of drug-likeness (QED) is 0.532. The molecule has 3 heteroatoms. The summed E-state index contributed by atoms with van der Waals surface area (Å²) in [4.78, 5) is 0. The van der Waals surface area contributed by atoms with Crippen LogP contribution in [0.5, 0.6) is 11.5 Å². The number of hydrogen-bond donors (Lipinski definition) is 1. The van der Waals surface area contributed by atoms with Gasteiger partial charge in [-0.25, -0.2) is 0 Å². The fourth-order valence-electron chi connectivity index (χ4n) is 1.87. The van der Waals surface area contributed by atoms with Crippen molar-refractivity contribution in [1.29, 1.82) is 0 Å². The second kappa shape index (κ2) is 8.67. The van der Waals surface area contributed by atoms with Crippen LogP contribution in [0.1, 0.15) is 45.4 Å². The van der Waals surface area contributed by atoms with Crippen molar-refractivity contribution in [3.8, 4) is 11.5 Å². The third kappa shape index (κ3) is 5.30. The van der Waals surface area contributed by atoms with E-state index in [2.05, 4.69) is 6.92 Å². The van der Waals surface area contributed by atoms with Crippen molar-refractivity contribution in [2.45, 2.75) is 45.4 Å². The van der Waals surface area contributed by atoms with Crippen LogP contribution in [0.2, 0.25) is 0 Å². The number of benzene rings is 1. The molecule has 0 radical (unpaired) electrons. The van der Waals surface area contributed by atoms with Crippen molar-refractivity contribution in [2.75, 3.05) is 19.5 Å². The summed E-state index contributed by atoms with van der Waals surface area (Å²) >= 11 is 0. The first kappa shape index (κ1) is 14.7. The number of nitrogens with two attached hydrogens (primary N) is 1. The van der Waals surface area contributed by atoms with Crippen molar-refractivity contribution in [1.82, 2.24) is 0 Å². The van der Waals surface area contributed by atoms with E-state index < -0.39 is 0 Å². The van der Waals surface area contributed by atoms with E-state index in [-0.39, 0.29) is 0 Å². The summed E-state index contributed by atoms with van der Waals surface area (Å²) < 4.78 is 10.8. The van der Waals surface area contributed by atoms with E-state index in [0.717, 1.165) is 18.8 Å². The summed E-state index contributed by atoms with van der Waals surface area (Å²) in [5.74, 6) is 1.52. The van der Waals surface area contributed by atoms with Crippen molar-refractivity contribution in [2.24, 2.45) is 0 Å². The molecule has 0 aromatic heterocycles. The fourth-order valence-corrected chi connectivity index (χ4v) is 1.87. The average molecular weight is 251 g/mol. The molecule has 1 aromatic carbocycles. The van der Waals surface area contributed by atoms with Crippen LogP contribution in [0.25, 0.3) is 0 Å². The maximum atomic E-state index is 5.81. The molecule has 0 saturated carbocycles. The molecule has 0 aliphatic heterocycles. The highest BCUT2D eigenvalue weighted by molar-refractivity contribution is 5.56. The van der Waals surface area contributed by atoms with Crippen molar-refractivity contribution < 1.29 is 9.47 Å². The van der Waals surface area contributed by atoms with E-state index >= 15 is 0 Å². The number of rotatable bonds is 9. The van der Waals surface area contributed by atoms with Crippen LogP contribution in [0.4, 0.5) is 5.69 Å². The molecule has 1 aromatic rings. The minimum atomic E-state index is 0.623. The maximum Gasteiger partial charge on any atom is 0.142 e. The van der Waals surface area contributed by atoms with Crippen LogP contribution < -0.4 is 15.2 Å². The van der Waals surface area contributed by atoms with Crippen molar-refractivity contribution >= 4 is 5.69 Å². The summed E-state index contributed by atoms with van der Waals surface area (Å²) in [6.07, 6.45) is 7.63. The maximum absolute atomic E-state index is 5.81. The standard InChI is InChI=1S/C15H25NO2/c1-3-4-5-6-7-8-11-18-13-9-10-15(17-2)14(16)12-13/h9-10,12H,3-8,11,16H2,1-2H3. The minimum absolute atomic E-state index is 0.623. The molecule has 0 aliphatic rings. The number of unbranched alkanes of at least 4 members (excludes halogenated alkanes) is 5. The van der Waals surface area contributed by atoms with Crippen LogP contribution in [-0.4, -0.2) is 13.7 Å². The Morgan fingerprint density at radius 2 is 1.78 bits per heavy atom. The molecule has 1 rings (SSSR count). The molecule has 2 N–H and O–H groups in total. The highest BCUT2D eigenvalue weighted by atomic mass is 16.5. The van der Waals surface area contributed by atoms with Gasteiger partial charge in [-0.1, -0.05) is 39.0 Å². The Hall–Kier alpha value is -1.38. The van der Waals surface area contributed by atoms with E-state index in [4.69, 9.17) is 15.2 Å². The summed E-state index contributed by atoms with van der Waals surface area (Å²) in [5, 5.41) is 0. The van der Waals surface area contributed by atoms with Crippen molar-refractivity contribution in [3.05, 3.63) is 18.2 Å². The first-order valence-electron chi connectivity index (χ1n) is 6.84. The Morgan fingerprint density at radius 1 is 1.06 bits per heavy atom. The van der Waals surface area contributed by atoms with Crippen LogP contribution >= 0.6 is 0 Å². The van der Waals surface area contributed by atoms with Gasteiger partial charge in [0.25, 0.3) is 0 Å². The van der Waals surface area contributed by atoms with E-state index in [1.807, 2.05) is 18.2 Å². The molecule has 0 fully saturated rings. The van der Waals surface area contributed by atoms with Gasteiger partial charge in [-0.3, -0.25) is 0 Å². The molecule has 3 nitrogen and oxygen atoms in total. The van der Waals surface area contributed by atoms with Gasteiger partial charge in [0.1, 0.15) is 11.5 Å². The zero-order valence-electron chi connectivity index (χ0n) is 11.6. The normalized spacial score (nSPS) is 10.3. The molecular weight excluding hydrogens is 226 g/mol. The largest absolute Gasteiger partial charge is 0.495 e. The summed E-state index contributed by atoms with van der Waals surface area (Å²) in [6.45, 7) is 3.00. The number of methoxy groups -OCH3 is 1. The highest BCUT2D eigenvalue weighted by Crippen LogP contribution is 2.26. The molecular formula is C15H25NO2. The molecule has 0 aliphatic carbocycles. The lowest BCUT2D eigenvalue weighted by molar-refractivity contribution is 0.304. The minimum Gasteiger partial charge on any atom is -0.495 e. The lowest BCUT2D eigenvalue weighted by Gasteiger charge is -2.09. The SMILES string of the molecule is CCCCCCCCOc1ccc(OC)c(N)c1. The van der Waals surface area contributed by atoms with E-state index in [1.165, 1.54) is 32.1 Å². The monoisotopic (exact) mass is 251 g/mol. The van der Waals surface area contributed by atoms with E-state index in [9.17, 15) is 0 Å². The second-order valence-corrected chi connectivity index (χ2v) is 4.52. The van der Waals surface area contributed by atoms with Gasteiger partial charge in [-0.2, -0.15) is 0 Å². The first-order valence-corrected chi connectivity index (χ1v) is 6.84. The Morgan fingerprint density at radius 3 is 2.44 bits per heavy atom. The number of nitrogen functional groups attached to an aromatic ring is 1.